The Labute approximate surface area is 261 Å². The Morgan fingerprint density at radius 2 is 1.00 bits per heavy atom. The van der Waals surface area contributed by atoms with Crippen LogP contribution in [0.4, 0.5) is 0 Å². The Morgan fingerprint density at radius 3 is 1.60 bits per heavy atom. The zero-order valence-electron chi connectivity index (χ0n) is 28.7. The summed E-state index contributed by atoms with van der Waals surface area (Å²) in [7, 11) is 0. The van der Waals surface area contributed by atoms with Gasteiger partial charge >= 0.3 is 0 Å². The summed E-state index contributed by atoms with van der Waals surface area (Å²) >= 11 is 0. The van der Waals surface area contributed by atoms with Crippen molar-refractivity contribution in [2.75, 3.05) is 6.61 Å². The molecule has 0 fully saturated rings. The van der Waals surface area contributed by atoms with Crippen LogP contribution in [0, 0.1) is 44.5 Å². The lowest BCUT2D eigenvalue weighted by molar-refractivity contribution is 0.303. The van der Waals surface area contributed by atoms with Crippen LogP contribution in [0.3, 0.4) is 0 Å². The topological polar surface area (TPSA) is 9.23 Å². The first-order chi connectivity index (χ1) is 20.4. The standard InChI is InChI=1S/C22H34.C19H28O/c1-5-8-10-12-15-20-18-21(14-7-3)22(17-19(20)4)16-13-11-9-6-2;1-5-7-8-9-10-11-13-20-19-15-17(4)16(3)14-18(19)12-6-2/h17-18H,5-6,8-13,15-16H2,1-4H3;14-15H,5,7-11,13H2,1-4H3. The first-order valence-corrected chi connectivity index (χ1v) is 17.1. The van der Waals surface area contributed by atoms with Gasteiger partial charge in [-0.1, -0.05) is 109 Å². The minimum Gasteiger partial charge on any atom is -0.492 e. The maximum atomic E-state index is 5.93. The molecule has 0 spiro atoms. The van der Waals surface area contributed by atoms with Crippen molar-refractivity contribution in [1.29, 1.82) is 0 Å². The van der Waals surface area contributed by atoms with Gasteiger partial charge in [-0.25, -0.2) is 0 Å². The van der Waals surface area contributed by atoms with Gasteiger partial charge in [0.05, 0.1) is 12.2 Å². The quantitative estimate of drug-likeness (QED) is 0.128. The molecule has 0 aliphatic rings. The molecular weight excluding hydrogens is 508 g/mol. The fraction of sp³-hybridized carbons (Fsp3) is 0.610. The molecule has 1 heteroatoms. The summed E-state index contributed by atoms with van der Waals surface area (Å²) in [4.78, 5) is 0. The van der Waals surface area contributed by atoms with E-state index in [1.807, 2.05) is 13.8 Å². The Kier molecular flexibility index (Phi) is 21.2. The largest absolute Gasteiger partial charge is 0.492 e. The van der Waals surface area contributed by atoms with Crippen LogP contribution in [-0.2, 0) is 12.8 Å². The number of benzene rings is 2. The maximum Gasteiger partial charge on any atom is 0.135 e. The number of hydrogen-bond acceptors (Lipinski definition) is 1. The predicted octanol–water partition coefficient (Wildman–Crippen LogP) is 12.0. The lowest BCUT2D eigenvalue weighted by Gasteiger charge is -2.12. The number of hydrogen-bond donors (Lipinski definition) is 0. The third kappa shape index (κ3) is 15.5. The van der Waals surface area contributed by atoms with Gasteiger partial charge in [0.2, 0.25) is 0 Å². The SMILES string of the molecule is CC#Cc1cc(C)c(C)cc1OCCCCCCCC.CC#Cc1cc(CCCCCC)c(C)cc1CCCCCC. The summed E-state index contributed by atoms with van der Waals surface area (Å²) in [5, 5.41) is 0. The lowest BCUT2D eigenvalue weighted by Crippen LogP contribution is -2.00. The molecule has 42 heavy (non-hydrogen) atoms. The van der Waals surface area contributed by atoms with Gasteiger partial charge in [0.1, 0.15) is 5.75 Å². The van der Waals surface area contributed by atoms with Crippen molar-refractivity contribution >= 4 is 0 Å². The van der Waals surface area contributed by atoms with Gasteiger partial charge < -0.3 is 4.74 Å². The second-order valence-electron chi connectivity index (χ2n) is 11.9. The monoisotopic (exact) mass is 570 g/mol. The molecule has 2 aromatic carbocycles. The maximum absolute atomic E-state index is 5.93. The van der Waals surface area contributed by atoms with E-state index in [-0.39, 0.29) is 0 Å². The van der Waals surface area contributed by atoms with E-state index < -0.39 is 0 Å². The fourth-order valence-corrected chi connectivity index (χ4v) is 5.23. The van der Waals surface area contributed by atoms with Crippen LogP contribution < -0.4 is 4.74 Å². The summed E-state index contributed by atoms with van der Waals surface area (Å²) < 4.78 is 5.93. The van der Waals surface area contributed by atoms with Gasteiger partial charge in [-0.2, -0.15) is 0 Å². The van der Waals surface area contributed by atoms with Crippen molar-refractivity contribution in [2.24, 2.45) is 0 Å². The summed E-state index contributed by atoms with van der Waals surface area (Å²) in [5.41, 5.74) is 9.26. The van der Waals surface area contributed by atoms with Crippen LogP contribution in [0.25, 0.3) is 0 Å². The number of ether oxygens (including phenoxy) is 1. The highest BCUT2D eigenvalue weighted by atomic mass is 16.5. The summed E-state index contributed by atoms with van der Waals surface area (Å²) in [6, 6.07) is 9.02. The molecule has 0 N–H and O–H groups in total. The molecule has 0 atom stereocenters. The molecule has 2 rings (SSSR count). The molecular formula is C41H62O. The van der Waals surface area contributed by atoms with Crippen LogP contribution in [0.15, 0.2) is 24.3 Å². The van der Waals surface area contributed by atoms with Gasteiger partial charge in [0.25, 0.3) is 0 Å². The molecule has 0 aliphatic heterocycles. The fourth-order valence-electron chi connectivity index (χ4n) is 5.23. The summed E-state index contributed by atoms with van der Waals surface area (Å²) in [5.74, 6) is 13.5. The van der Waals surface area contributed by atoms with Crippen molar-refractivity contribution in [3.05, 3.63) is 63.2 Å². The van der Waals surface area contributed by atoms with Gasteiger partial charge in [0.15, 0.2) is 0 Å². The second kappa shape index (κ2) is 23.9. The van der Waals surface area contributed by atoms with E-state index in [4.69, 9.17) is 4.74 Å². The van der Waals surface area contributed by atoms with Crippen LogP contribution >= 0.6 is 0 Å². The average molecular weight is 571 g/mol. The van der Waals surface area contributed by atoms with Crippen molar-refractivity contribution in [3.8, 4) is 29.4 Å². The average Bonchev–Trinajstić information content (AvgIpc) is 2.97. The van der Waals surface area contributed by atoms with Crippen molar-refractivity contribution in [1.82, 2.24) is 0 Å². The van der Waals surface area contributed by atoms with Gasteiger partial charge in [0, 0.05) is 5.56 Å². The third-order valence-electron chi connectivity index (χ3n) is 8.03. The molecule has 0 saturated carbocycles. The van der Waals surface area contributed by atoms with Gasteiger partial charge in [-0.3, -0.25) is 0 Å². The smallest absolute Gasteiger partial charge is 0.135 e. The first-order valence-electron chi connectivity index (χ1n) is 17.1. The van der Waals surface area contributed by atoms with E-state index in [9.17, 15) is 0 Å². The Balaban J connectivity index is 0.000000422. The summed E-state index contributed by atoms with van der Waals surface area (Å²) in [6.45, 7) is 17.9. The molecule has 0 saturated heterocycles. The van der Waals surface area contributed by atoms with Gasteiger partial charge in [-0.15, -0.1) is 11.8 Å². The zero-order chi connectivity index (χ0) is 31.0. The van der Waals surface area contributed by atoms with E-state index >= 15 is 0 Å². The van der Waals surface area contributed by atoms with Crippen LogP contribution in [-0.4, -0.2) is 6.61 Å². The lowest BCUT2D eigenvalue weighted by atomic mass is 9.93. The van der Waals surface area contributed by atoms with Crippen molar-refractivity contribution < 1.29 is 4.74 Å². The molecule has 0 unspecified atom stereocenters. The van der Waals surface area contributed by atoms with Crippen LogP contribution in [0.5, 0.6) is 5.75 Å². The highest BCUT2D eigenvalue weighted by Gasteiger charge is 2.07. The Hall–Kier alpha value is -2.64. The summed E-state index contributed by atoms with van der Waals surface area (Å²) in [6.07, 6.45) is 20.7. The van der Waals surface area contributed by atoms with E-state index in [0.717, 1.165) is 24.3 Å². The predicted molar refractivity (Wildman–Crippen MR) is 187 cm³/mol. The highest BCUT2D eigenvalue weighted by molar-refractivity contribution is 5.50. The molecule has 0 amide bonds. The second-order valence-corrected chi connectivity index (χ2v) is 11.9. The van der Waals surface area contributed by atoms with E-state index in [0.29, 0.717) is 0 Å². The molecule has 232 valence electrons. The minimum absolute atomic E-state index is 0.799. The molecule has 0 heterocycles. The Morgan fingerprint density at radius 1 is 0.500 bits per heavy atom. The molecule has 2 aromatic rings. The first kappa shape index (κ1) is 37.4. The molecule has 0 bridgehead atoms. The molecule has 1 nitrogen and oxygen atoms in total. The van der Waals surface area contributed by atoms with Gasteiger partial charge in [-0.05, 0) is 113 Å². The third-order valence-corrected chi connectivity index (χ3v) is 8.03. The number of rotatable bonds is 18. The molecule has 0 aromatic heterocycles. The number of unbranched alkanes of at least 4 members (excludes halogenated alkanes) is 11. The normalized spacial score (nSPS) is 10.2. The molecule has 0 aliphatic carbocycles. The van der Waals surface area contributed by atoms with E-state index in [2.05, 4.69) is 89.5 Å². The van der Waals surface area contributed by atoms with Crippen LogP contribution in [0.1, 0.15) is 163 Å². The van der Waals surface area contributed by atoms with Crippen molar-refractivity contribution in [2.45, 2.75) is 158 Å². The van der Waals surface area contributed by atoms with E-state index in [1.165, 1.54) is 130 Å². The van der Waals surface area contributed by atoms with E-state index in [1.54, 1.807) is 0 Å². The number of aryl methyl sites for hydroxylation is 5. The highest BCUT2D eigenvalue weighted by Crippen LogP contribution is 2.23. The van der Waals surface area contributed by atoms with Crippen molar-refractivity contribution in [3.63, 3.8) is 0 Å². The Bertz CT molecular complexity index is 1130. The molecule has 0 radical (unpaired) electrons. The zero-order valence-corrected chi connectivity index (χ0v) is 28.7. The minimum atomic E-state index is 0.799. The van der Waals surface area contributed by atoms with Crippen LogP contribution in [0.2, 0.25) is 0 Å².